The van der Waals surface area contributed by atoms with Crippen LogP contribution >= 0.6 is 0 Å². The molecule has 0 aromatic carbocycles. The summed E-state index contributed by atoms with van der Waals surface area (Å²) in [6.45, 7) is 4.63. The van der Waals surface area contributed by atoms with Gasteiger partial charge in [0.2, 0.25) is 0 Å². The van der Waals surface area contributed by atoms with Gasteiger partial charge in [0, 0.05) is 12.8 Å². The zero-order valence-electron chi connectivity index (χ0n) is 63.8. The third-order valence-electron chi connectivity index (χ3n) is 16.3. The molecule has 2 atom stereocenters. The third kappa shape index (κ3) is 79.3. The highest BCUT2D eigenvalue weighted by atomic mass is 16.7. The number of carbonyl (C=O) groups is 3. The monoisotopic (exact) mass is 1370 g/mol. The number of carboxylic acid groups (broad SMARTS) is 1. The van der Waals surface area contributed by atoms with E-state index in [1.807, 2.05) is 21.1 Å². The van der Waals surface area contributed by atoms with Crippen LogP contribution in [0.3, 0.4) is 0 Å². The van der Waals surface area contributed by atoms with Crippen LogP contribution in [0, 0.1) is 0 Å². The molecule has 0 aliphatic carbocycles. The van der Waals surface area contributed by atoms with Gasteiger partial charge in [-0.1, -0.05) is 337 Å². The lowest BCUT2D eigenvalue weighted by Gasteiger charge is -2.25. The number of carbonyl (C=O) groups excluding carboxylic acids is 2. The minimum absolute atomic E-state index is 0.177. The second-order valence-electron chi connectivity index (χ2n) is 26.9. The summed E-state index contributed by atoms with van der Waals surface area (Å²) in [6, 6.07) is 0. The van der Waals surface area contributed by atoms with E-state index in [1.165, 1.54) is 116 Å². The number of ether oxygens (including phenoxy) is 4. The normalized spacial score (nSPS) is 13.7. The standard InChI is InChI=1S/C90H145NO8/c1-6-8-10-12-14-16-18-20-22-24-26-28-30-32-34-36-38-40-42-43-44-45-47-48-50-52-54-56-58-60-62-64-66-68-70-72-74-76-78-80-87(92)97-84-86(85-98-90(89(94)95)96-83-82-91(3,4)5)99-88(93)81-79-77-75-73-71-69-67-65-63-61-59-57-55-53-51-49-46-41-39-37-35-33-31-29-27-25-23-21-19-17-15-13-11-9-7-2/h8-11,14-17,20-23,26-29,32-35,38-41,43-44,49,51,55,57,61,63,86,90H,6-7,12-13,18-19,24-25,30-31,36-37,42,45-48,50,52-54,56,58-60,62,64-85H2,1-5H3/p+1/b10-8-,11-9-,16-14-,17-15-,22-20-,23-21-,28-26-,29-27-,34-32-,35-33-,40-38-,41-39-,44-43-,51-49-,57-55-,63-61-. The molecule has 0 bridgehead atoms. The summed E-state index contributed by atoms with van der Waals surface area (Å²) in [5, 5.41) is 9.77. The van der Waals surface area contributed by atoms with Crippen molar-refractivity contribution in [3.63, 3.8) is 0 Å². The number of quaternary nitrogens is 1. The highest BCUT2D eigenvalue weighted by Crippen LogP contribution is 2.17. The second kappa shape index (κ2) is 77.9. The van der Waals surface area contributed by atoms with Gasteiger partial charge in [-0.2, -0.15) is 0 Å². The SMILES string of the molecule is CC/C=C\C/C=C\C/C=C\C/C=C\C/C=C\C/C=C\C/C=C\C/C=C\C/C=C\CCCCCCCCCC(=O)OC(COC(=O)CCCCCCCCCCCCCCCCCCC/C=C\C/C=C\C/C=C\C/C=C\C/C=C\C/C=C\C/C=C\CC)COC(OCC[N+](C)(C)C)C(=O)O. The van der Waals surface area contributed by atoms with E-state index in [0.717, 1.165) is 148 Å². The number of unbranched alkanes of at least 4 members (excludes halogenated alkanes) is 24. The summed E-state index contributed by atoms with van der Waals surface area (Å²) >= 11 is 0. The largest absolute Gasteiger partial charge is 0.477 e. The van der Waals surface area contributed by atoms with Gasteiger partial charge in [0.1, 0.15) is 13.2 Å². The summed E-state index contributed by atoms with van der Waals surface area (Å²) < 4.78 is 23.0. The molecular weight excluding hydrogens is 1220 g/mol. The Morgan fingerprint density at radius 3 is 0.808 bits per heavy atom. The molecule has 0 heterocycles. The van der Waals surface area contributed by atoms with Crippen molar-refractivity contribution >= 4 is 17.9 Å². The molecule has 0 amide bonds. The van der Waals surface area contributed by atoms with Gasteiger partial charge in [-0.25, -0.2) is 4.79 Å². The lowest BCUT2D eigenvalue weighted by Crippen LogP contribution is -2.40. The summed E-state index contributed by atoms with van der Waals surface area (Å²) in [5.74, 6) is -2.03. The van der Waals surface area contributed by atoms with E-state index in [2.05, 4.69) is 208 Å². The summed E-state index contributed by atoms with van der Waals surface area (Å²) in [7, 11) is 5.97. The Kier molecular flexibility index (Phi) is 73.2. The summed E-state index contributed by atoms with van der Waals surface area (Å²) in [4.78, 5) is 37.7. The van der Waals surface area contributed by atoms with Crippen molar-refractivity contribution in [3.8, 4) is 0 Å². The summed E-state index contributed by atoms with van der Waals surface area (Å²) in [6.07, 6.45) is 117. The summed E-state index contributed by atoms with van der Waals surface area (Å²) in [5.41, 5.74) is 0. The first-order chi connectivity index (χ1) is 48.6. The van der Waals surface area contributed by atoms with Crippen molar-refractivity contribution in [2.75, 3.05) is 47.5 Å². The average Bonchev–Trinajstić information content (AvgIpc) is 1.16. The van der Waals surface area contributed by atoms with Crippen LogP contribution in [0.15, 0.2) is 194 Å². The van der Waals surface area contributed by atoms with Crippen molar-refractivity contribution in [1.82, 2.24) is 0 Å². The van der Waals surface area contributed by atoms with Crippen LogP contribution in [0.5, 0.6) is 0 Å². The number of allylic oxidation sites excluding steroid dienone is 32. The molecule has 0 aromatic rings. The molecule has 2 unspecified atom stereocenters. The average molecular weight is 1370 g/mol. The first-order valence-electron chi connectivity index (χ1n) is 39.6. The molecule has 0 radical (unpaired) electrons. The van der Waals surface area contributed by atoms with Gasteiger partial charge in [-0.3, -0.25) is 9.59 Å². The molecule has 0 aliphatic heterocycles. The van der Waals surface area contributed by atoms with E-state index in [4.69, 9.17) is 18.9 Å². The van der Waals surface area contributed by atoms with Crippen molar-refractivity contribution in [2.24, 2.45) is 0 Å². The van der Waals surface area contributed by atoms with Gasteiger partial charge in [0.25, 0.3) is 6.29 Å². The van der Waals surface area contributed by atoms with Crippen molar-refractivity contribution < 1.29 is 42.9 Å². The molecule has 558 valence electrons. The van der Waals surface area contributed by atoms with Gasteiger partial charge in [-0.05, 0) is 141 Å². The predicted molar refractivity (Wildman–Crippen MR) is 428 cm³/mol. The number of likely N-dealkylation sites (N-methyl/N-ethyl adjacent to an activating group) is 1. The maximum Gasteiger partial charge on any atom is 0.361 e. The molecule has 1 N–H and O–H groups in total. The predicted octanol–water partition coefficient (Wildman–Crippen LogP) is 25.7. The second-order valence-corrected chi connectivity index (χ2v) is 26.9. The smallest absolute Gasteiger partial charge is 0.361 e. The molecule has 0 saturated heterocycles. The highest BCUT2D eigenvalue weighted by Gasteiger charge is 2.25. The van der Waals surface area contributed by atoms with Gasteiger partial charge in [0.15, 0.2) is 6.10 Å². The van der Waals surface area contributed by atoms with Gasteiger partial charge < -0.3 is 28.5 Å². The molecule has 0 fully saturated rings. The first kappa shape index (κ1) is 93.1. The number of hydrogen-bond donors (Lipinski definition) is 1. The fourth-order valence-corrected chi connectivity index (χ4v) is 10.4. The Bertz CT molecular complexity index is 2340. The van der Waals surface area contributed by atoms with Crippen LogP contribution in [0.25, 0.3) is 0 Å². The van der Waals surface area contributed by atoms with Crippen LogP contribution in [0.2, 0.25) is 0 Å². The van der Waals surface area contributed by atoms with E-state index in [1.54, 1.807) is 0 Å². The number of esters is 2. The Balaban J connectivity index is 4.12. The van der Waals surface area contributed by atoms with Gasteiger partial charge in [-0.15, -0.1) is 0 Å². The van der Waals surface area contributed by atoms with E-state index in [0.29, 0.717) is 23.9 Å². The van der Waals surface area contributed by atoms with Gasteiger partial charge >= 0.3 is 17.9 Å². The van der Waals surface area contributed by atoms with Crippen molar-refractivity contribution in [1.29, 1.82) is 0 Å². The molecule has 0 aromatic heterocycles. The quantitative estimate of drug-likeness (QED) is 0.0211. The van der Waals surface area contributed by atoms with E-state index < -0.39 is 24.3 Å². The topological polar surface area (TPSA) is 108 Å². The Hall–Kier alpha value is -5.87. The maximum absolute atomic E-state index is 13.0. The molecule has 0 spiro atoms. The molecule has 9 nitrogen and oxygen atoms in total. The molecule has 9 heteroatoms. The Morgan fingerprint density at radius 1 is 0.303 bits per heavy atom. The van der Waals surface area contributed by atoms with E-state index >= 15 is 0 Å². The van der Waals surface area contributed by atoms with Crippen LogP contribution in [0.4, 0.5) is 0 Å². The van der Waals surface area contributed by atoms with Crippen LogP contribution < -0.4 is 0 Å². The number of carboxylic acids is 1. The first-order valence-corrected chi connectivity index (χ1v) is 39.6. The fraction of sp³-hybridized carbons (Fsp3) is 0.611. The van der Waals surface area contributed by atoms with Crippen LogP contribution in [-0.2, 0) is 33.3 Å². The number of aliphatic carboxylic acids is 1. The van der Waals surface area contributed by atoms with Gasteiger partial charge in [0.05, 0.1) is 34.4 Å². The molecule has 0 aliphatic rings. The van der Waals surface area contributed by atoms with E-state index in [9.17, 15) is 19.5 Å². The van der Waals surface area contributed by atoms with E-state index in [-0.39, 0.29) is 32.2 Å². The lowest BCUT2D eigenvalue weighted by atomic mass is 10.0. The van der Waals surface area contributed by atoms with Crippen molar-refractivity contribution in [3.05, 3.63) is 194 Å². The molecule has 0 saturated carbocycles. The number of nitrogens with zero attached hydrogens (tertiary/aromatic N) is 1. The Labute approximate surface area is 608 Å². The third-order valence-corrected chi connectivity index (χ3v) is 16.3. The van der Waals surface area contributed by atoms with Crippen LogP contribution in [0.1, 0.15) is 296 Å². The lowest BCUT2D eigenvalue weighted by molar-refractivity contribution is -0.870. The maximum atomic E-state index is 13.0. The minimum atomic E-state index is -1.53. The highest BCUT2D eigenvalue weighted by molar-refractivity contribution is 5.71. The number of rotatable bonds is 71. The zero-order valence-corrected chi connectivity index (χ0v) is 63.8. The Morgan fingerprint density at radius 2 is 0.545 bits per heavy atom. The molecule has 0 rings (SSSR count). The zero-order chi connectivity index (χ0) is 71.8. The fourth-order valence-electron chi connectivity index (χ4n) is 10.4. The molecule has 99 heavy (non-hydrogen) atoms. The van der Waals surface area contributed by atoms with Crippen LogP contribution in [-0.4, -0.2) is 87.4 Å². The van der Waals surface area contributed by atoms with Crippen molar-refractivity contribution in [2.45, 2.75) is 309 Å². The number of hydrogen-bond acceptors (Lipinski definition) is 7. The molecular formula is C90H146NO8+. The minimum Gasteiger partial charge on any atom is -0.477 e.